The number of amides is 1. The van der Waals surface area contributed by atoms with Gasteiger partial charge in [-0.25, -0.2) is 0 Å². The molecular formula is C15H21BrN2O2S. The summed E-state index contributed by atoms with van der Waals surface area (Å²) < 4.78 is 13.0. The molecule has 2 rings (SSSR count). The Balaban J connectivity index is 1.62. The highest BCUT2D eigenvalue weighted by molar-refractivity contribution is 9.10. The van der Waals surface area contributed by atoms with E-state index in [1.165, 1.54) is 6.42 Å². The first-order valence-corrected chi connectivity index (χ1v) is 9.40. The standard InChI is InChI=1S/C15H21BrN2O2S/c16-12-5-7-14(8-6-12)21(20)10-2-4-15(19)18-11-13-3-1-9-17-13/h5-8,13,17H,1-4,9-11H2,(H,18,19). The van der Waals surface area contributed by atoms with Crippen molar-refractivity contribution in [3.8, 4) is 0 Å². The molecule has 1 aromatic carbocycles. The van der Waals surface area contributed by atoms with Gasteiger partial charge in [0.1, 0.15) is 0 Å². The van der Waals surface area contributed by atoms with Gasteiger partial charge in [-0.3, -0.25) is 9.00 Å². The third kappa shape index (κ3) is 5.88. The first-order valence-electron chi connectivity index (χ1n) is 7.29. The van der Waals surface area contributed by atoms with E-state index >= 15 is 0 Å². The second kappa shape index (κ2) is 8.66. The molecule has 0 radical (unpaired) electrons. The van der Waals surface area contributed by atoms with Crippen LogP contribution in [0.2, 0.25) is 0 Å². The van der Waals surface area contributed by atoms with E-state index in [9.17, 15) is 9.00 Å². The monoisotopic (exact) mass is 372 g/mol. The summed E-state index contributed by atoms with van der Waals surface area (Å²) in [7, 11) is -1.03. The molecule has 1 aliphatic heterocycles. The van der Waals surface area contributed by atoms with Gasteiger partial charge in [-0.1, -0.05) is 15.9 Å². The summed E-state index contributed by atoms with van der Waals surface area (Å²) in [5.74, 6) is 0.577. The van der Waals surface area contributed by atoms with Crippen LogP contribution in [-0.2, 0) is 15.6 Å². The van der Waals surface area contributed by atoms with Crippen LogP contribution in [0.4, 0.5) is 0 Å². The van der Waals surface area contributed by atoms with Gasteiger partial charge in [0.25, 0.3) is 0 Å². The van der Waals surface area contributed by atoms with Crippen LogP contribution in [-0.4, -0.2) is 35.0 Å². The summed E-state index contributed by atoms with van der Waals surface area (Å²) in [6.45, 7) is 1.75. The van der Waals surface area contributed by atoms with Crippen LogP contribution in [0.5, 0.6) is 0 Å². The van der Waals surface area contributed by atoms with Gasteiger partial charge in [0.05, 0.1) is 10.8 Å². The van der Waals surface area contributed by atoms with Crippen LogP contribution in [0.15, 0.2) is 33.6 Å². The van der Waals surface area contributed by atoms with Crippen LogP contribution in [0.3, 0.4) is 0 Å². The van der Waals surface area contributed by atoms with Crippen molar-refractivity contribution in [2.75, 3.05) is 18.8 Å². The molecule has 1 fully saturated rings. The molecule has 116 valence electrons. The van der Waals surface area contributed by atoms with E-state index in [-0.39, 0.29) is 5.91 Å². The van der Waals surface area contributed by atoms with Gasteiger partial charge in [0, 0.05) is 34.1 Å². The second-order valence-electron chi connectivity index (χ2n) is 5.20. The van der Waals surface area contributed by atoms with Crippen molar-refractivity contribution >= 4 is 32.6 Å². The molecule has 1 heterocycles. The zero-order valence-corrected chi connectivity index (χ0v) is 14.3. The molecule has 0 aromatic heterocycles. The minimum Gasteiger partial charge on any atom is -0.355 e. The van der Waals surface area contributed by atoms with Crippen molar-refractivity contribution in [1.82, 2.24) is 10.6 Å². The van der Waals surface area contributed by atoms with E-state index in [0.717, 1.165) is 22.3 Å². The Morgan fingerprint density at radius 2 is 2.14 bits per heavy atom. The molecule has 1 saturated heterocycles. The number of rotatable bonds is 7. The van der Waals surface area contributed by atoms with Crippen LogP contribution in [0.1, 0.15) is 25.7 Å². The van der Waals surface area contributed by atoms with Crippen molar-refractivity contribution in [2.24, 2.45) is 0 Å². The molecule has 2 unspecified atom stereocenters. The van der Waals surface area contributed by atoms with Crippen molar-refractivity contribution in [2.45, 2.75) is 36.6 Å². The Bertz CT molecular complexity index is 487. The normalized spacial score (nSPS) is 19.4. The van der Waals surface area contributed by atoms with Gasteiger partial charge in [0.2, 0.25) is 5.91 Å². The van der Waals surface area contributed by atoms with E-state index in [4.69, 9.17) is 0 Å². The number of halogens is 1. The smallest absolute Gasteiger partial charge is 0.220 e. The van der Waals surface area contributed by atoms with Crippen molar-refractivity contribution < 1.29 is 9.00 Å². The first-order chi connectivity index (χ1) is 10.1. The SMILES string of the molecule is O=C(CCCS(=O)c1ccc(Br)cc1)NCC1CCCN1. The van der Waals surface area contributed by atoms with Crippen LogP contribution in [0.25, 0.3) is 0 Å². The van der Waals surface area contributed by atoms with Crippen LogP contribution in [0, 0.1) is 0 Å². The van der Waals surface area contributed by atoms with Gasteiger partial charge in [-0.05, 0) is 50.1 Å². The third-order valence-electron chi connectivity index (χ3n) is 3.52. The maximum Gasteiger partial charge on any atom is 0.220 e. The summed E-state index contributed by atoms with van der Waals surface area (Å²) in [4.78, 5) is 12.5. The van der Waals surface area contributed by atoms with E-state index in [1.807, 2.05) is 24.3 Å². The highest BCUT2D eigenvalue weighted by Crippen LogP contribution is 2.14. The topological polar surface area (TPSA) is 58.2 Å². The lowest BCUT2D eigenvalue weighted by molar-refractivity contribution is -0.121. The Morgan fingerprint density at radius 3 is 2.81 bits per heavy atom. The summed E-state index contributed by atoms with van der Waals surface area (Å²) in [5.41, 5.74) is 0. The first kappa shape index (κ1) is 16.6. The number of hydrogen-bond donors (Lipinski definition) is 2. The fourth-order valence-corrected chi connectivity index (χ4v) is 3.67. The average molecular weight is 373 g/mol. The number of nitrogens with one attached hydrogen (secondary N) is 2. The summed E-state index contributed by atoms with van der Waals surface area (Å²) in [6, 6.07) is 7.90. The molecule has 6 heteroatoms. The predicted molar refractivity (Wildman–Crippen MR) is 88.7 cm³/mol. The Labute approximate surface area is 136 Å². The number of carbonyl (C=O) groups excluding carboxylic acids is 1. The highest BCUT2D eigenvalue weighted by atomic mass is 79.9. The zero-order chi connectivity index (χ0) is 15.1. The predicted octanol–water partition coefficient (Wildman–Crippen LogP) is 2.21. The largest absolute Gasteiger partial charge is 0.355 e. The van der Waals surface area contributed by atoms with Gasteiger partial charge >= 0.3 is 0 Å². The number of benzene rings is 1. The number of carbonyl (C=O) groups is 1. The molecule has 2 N–H and O–H groups in total. The molecule has 1 aliphatic rings. The Hall–Kier alpha value is -0.720. The quantitative estimate of drug-likeness (QED) is 0.771. The summed E-state index contributed by atoms with van der Waals surface area (Å²) in [6.07, 6.45) is 3.40. The summed E-state index contributed by atoms with van der Waals surface area (Å²) in [5, 5.41) is 6.28. The van der Waals surface area contributed by atoms with Crippen molar-refractivity contribution in [1.29, 1.82) is 0 Å². The number of hydrogen-bond acceptors (Lipinski definition) is 3. The minimum atomic E-state index is -1.03. The van der Waals surface area contributed by atoms with Gasteiger partial charge < -0.3 is 10.6 Å². The third-order valence-corrected chi connectivity index (χ3v) is 5.50. The Morgan fingerprint density at radius 1 is 1.38 bits per heavy atom. The fourth-order valence-electron chi connectivity index (χ4n) is 2.32. The lowest BCUT2D eigenvalue weighted by Gasteiger charge is -2.11. The maximum absolute atomic E-state index is 12.1. The minimum absolute atomic E-state index is 0.0523. The average Bonchev–Trinajstić information content (AvgIpc) is 2.99. The lowest BCUT2D eigenvalue weighted by atomic mass is 10.2. The molecule has 0 bridgehead atoms. The maximum atomic E-state index is 12.1. The van der Waals surface area contributed by atoms with Crippen LogP contribution >= 0.6 is 15.9 Å². The summed E-state index contributed by atoms with van der Waals surface area (Å²) >= 11 is 3.35. The zero-order valence-electron chi connectivity index (χ0n) is 11.9. The molecule has 21 heavy (non-hydrogen) atoms. The molecule has 1 aromatic rings. The van der Waals surface area contributed by atoms with Gasteiger partial charge in [-0.2, -0.15) is 0 Å². The van der Waals surface area contributed by atoms with Crippen molar-refractivity contribution in [3.05, 3.63) is 28.7 Å². The highest BCUT2D eigenvalue weighted by Gasteiger charge is 2.14. The molecule has 1 amide bonds. The van der Waals surface area contributed by atoms with Gasteiger partial charge in [-0.15, -0.1) is 0 Å². The van der Waals surface area contributed by atoms with Crippen molar-refractivity contribution in [3.63, 3.8) is 0 Å². The molecule has 2 atom stereocenters. The molecular weight excluding hydrogens is 352 g/mol. The lowest BCUT2D eigenvalue weighted by Crippen LogP contribution is -2.37. The van der Waals surface area contributed by atoms with E-state index in [1.54, 1.807) is 0 Å². The van der Waals surface area contributed by atoms with Crippen LogP contribution < -0.4 is 10.6 Å². The molecule has 0 saturated carbocycles. The van der Waals surface area contributed by atoms with E-state index in [2.05, 4.69) is 26.6 Å². The van der Waals surface area contributed by atoms with E-state index in [0.29, 0.717) is 31.2 Å². The fraction of sp³-hybridized carbons (Fsp3) is 0.533. The molecule has 0 aliphatic carbocycles. The Kier molecular flexibility index (Phi) is 6.86. The molecule has 0 spiro atoms. The second-order valence-corrected chi connectivity index (χ2v) is 7.69. The van der Waals surface area contributed by atoms with Gasteiger partial charge in [0.15, 0.2) is 0 Å². The van der Waals surface area contributed by atoms with E-state index < -0.39 is 10.8 Å². The molecule has 4 nitrogen and oxygen atoms in total.